The number of fused-ring (bicyclic) bond motifs is 1. The smallest absolute Gasteiger partial charge is 0.307 e. The summed E-state index contributed by atoms with van der Waals surface area (Å²) < 4.78 is 0. The lowest BCUT2D eigenvalue weighted by molar-refractivity contribution is -0.148. The number of hydrogen-bond acceptors (Lipinski definition) is 2. The third-order valence-electron chi connectivity index (χ3n) is 8.13. The fourth-order valence-corrected chi connectivity index (χ4v) is 6.71. The van der Waals surface area contributed by atoms with Crippen LogP contribution >= 0.6 is 0 Å². The Bertz CT molecular complexity index is 578. The standard InChI is InChI=1S/C21H32O3/c1-5-14-12-15(22)8-10-20(14,3)17-9-11-21(4)16(13(17)2)6-7-18(21)19(23)24/h12-13,16-18H,5-11H2,1-4H3,(H,23,24). The zero-order valence-electron chi connectivity index (χ0n) is 15.6. The molecule has 24 heavy (non-hydrogen) atoms. The van der Waals surface area contributed by atoms with Gasteiger partial charge in [0.1, 0.15) is 0 Å². The summed E-state index contributed by atoms with van der Waals surface area (Å²) in [7, 11) is 0. The highest BCUT2D eigenvalue weighted by molar-refractivity contribution is 5.91. The molecule has 3 rings (SSSR count). The normalized spacial score (nSPS) is 45.7. The van der Waals surface area contributed by atoms with Gasteiger partial charge in [0.25, 0.3) is 0 Å². The van der Waals surface area contributed by atoms with Crippen molar-refractivity contribution < 1.29 is 14.7 Å². The molecule has 6 unspecified atom stereocenters. The summed E-state index contributed by atoms with van der Waals surface area (Å²) in [5, 5.41) is 9.63. The van der Waals surface area contributed by atoms with Crippen molar-refractivity contribution in [1.82, 2.24) is 0 Å². The highest BCUT2D eigenvalue weighted by Gasteiger charge is 2.57. The molecule has 0 aromatic rings. The van der Waals surface area contributed by atoms with Gasteiger partial charge in [-0.05, 0) is 73.2 Å². The monoisotopic (exact) mass is 332 g/mol. The van der Waals surface area contributed by atoms with Gasteiger partial charge in [0.05, 0.1) is 5.92 Å². The van der Waals surface area contributed by atoms with Gasteiger partial charge in [-0.15, -0.1) is 0 Å². The van der Waals surface area contributed by atoms with Crippen LogP contribution in [-0.2, 0) is 9.59 Å². The van der Waals surface area contributed by atoms with Crippen LogP contribution in [0.1, 0.15) is 72.6 Å². The van der Waals surface area contributed by atoms with Crippen molar-refractivity contribution in [2.75, 3.05) is 0 Å². The first-order valence-electron chi connectivity index (χ1n) is 9.70. The van der Waals surface area contributed by atoms with Gasteiger partial charge in [-0.3, -0.25) is 9.59 Å². The number of aliphatic carboxylic acids is 1. The Labute approximate surface area is 145 Å². The molecule has 1 N–H and O–H groups in total. The third kappa shape index (κ3) is 2.46. The molecule has 0 saturated heterocycles. The number of carboxylic acid groups (broad SMARTS) is 1. The maximum atomic E-state index is 11.9. The second-order valence-electron chi connectivity index (χ2n) is 8.99. The van der Waals surface area contributed by atoms with Gasteiger partial charge >= 0.3 is 5.97 Å². The highest BCUT2D eigenvalue weighted by Crippen LogP contribution is 2.63. The van der Waals surface area contributed by atoms with Crippen molar-refractivity contribution in [2.45, 2.75) is 72.6 Å². The molecule has 3 aliphatic carbocycles. The van der Waals surface area contributed by atoms with E-state index in [0.717, 1.165) is 38.5 Å². The fraction of sp³-hybridized carbons (Fsp3) is 0.810. The molecule has 0 aromatic carbocycles. The van der Waals surface area contributed by atoms with Gasteiger partial charge in [-0.1, -0.05) is 33.3 Å². The summed E-state index contributed by atoms with van der Waals surface area (Å²) >= 11 is 0. The second-order valence-corrected chi connectivity index (χ2v) is 8.99. The molecule has 2 fully saturated rings. The van der Waals surface area contributed by atoms with E-state index in [1.54, 1.807) is 0 Å². The molecular weight excluding hydrogens is 300 g/mol. The van der Waals surface area contributed by atoms with E-state index in [9.17, 15) is 14.7 Å². The minimum absolute atomic E-state index is 0.0430. The number of hydrogen-bond donors (Lipinski definition) is 1. The lowest BCUT2D eigenvalue weighted by Gasteiger charge is -2.54. The van der Waals surface area contributed by atoms with Crippen molar-refractivity contribution in [2.24, 2.45) is 34.5 Å². The van der Waals surface area contributed by atoms with Crippen molar-refractivity contribution >= 4 is 11.8 Å². The molecule has 3 nitrogen and oxygen atoms in total. The number of carboxylic acids is 1. The predicted octanol–water partition coefficient (Wildman–Crippen LogP) is 4.86. The summed E-state index contributed by atoms with van der Waals surface area (Å²) in [6.45, 7) is 9.10. The summed E-state index contributed by atoms with van der Waals surface area (Å²) in [4.78, 5) is 23.6. The molecule has 0 amide bonds. The Hall–Kier alpha value is -1.12. The Balaban J connectivity index is 1.90. The summed E-state index contributed by atoms with van der Waals surface area (Å²) in [5.41, 5.74) is 1.40. The maximum Gasteiger partial charge on any atom is 0.307 e. The lowest BCUT2D eigenvalue weighted by Crippen LogP contribution is -2.48. The molecule has 0 spiro atoms. The van der Waals surface area contributed by atoms with Crippen LogP contribution in [0.3, 0.4) is 0 Å². The van der Waals surface area contributed by atoms with E-state index in [-0.39, 0.29) is 22.5 Å². The molecule has 3 heteroatoms. The Morgan fingerprint density at radius 2 is 1.92 bits per heavy atom. The van der Waals surface area contributed by atoms with Gasteiger partial charge < -0.3 is 5.11 Å². The fourth-order valence-electron chi connectivity index (χ4n) is 6.71. The Kier molecular flexibility index (Phi) is 4.42. The minimum atomic E-state index is -0.603. The molecule has 0 aliphatic heterocycles. The second kappa shape index (κ2) is 6.00. The Morgan fingerprint density at radius 3 is 2.54 bits per heavy atom. The van der Waals surface area contributed by atoms with E-state index in [0.29, 0.717) is 24.2 Å². The van der Waals surface area contributed by atoms with Gasteiger partial charge in [0, 0.05) is 6.42 Å². The highest BCUT2D eigenvalue weighted by atomic mass is 16.4. The molecule has 0 aromatic heterocycles. The van der Waals surface area contributed by atoms with Crippen molar-refractivity contribution in [3.63, 3.8) is 0 Å². The molecule has 134 valence electrons. The largest absolute Gasteiger partial charge is 0.481 e. The lowest BCUT2D eigenvalue weighted by atomic mass is 9.51. The molecular formula is C21H32O3. The van der Waals surface area contributed by atoms with Gasteiger partial charge in [-0.25, -0.2) is 0 Å². The van der Waals surface area contributed by atoms with Crippen LogP contribution in [0.25, 0.3) is 0 Å². The summed E-state index contributed by atoms with van der Waals surface area (Å²) in [5.74, 6) is 1.11. The first-order chi connectivity index (χ1) is 11.2. The quantitative estimate of drug-likeness (QED) is 0.803. The minimum Gasteiger partial charge on any atom is -0.481 e. The molecule has 0 heterocycles. The molecule has 0 bridgehead atoms. The predicted molar refractivity (Wildman–Crippen MR) is 94.6 cm³/mol. The van der Waals surface area contributed by atoms with Gasteiger partial charge in [-0.2, -0.15) is 0 Å². The first kappa shape index (κ1) is 17.7. The van der Waals surface area contributed by atoms with Crippen LogP contribution in [0.2, 0.25) is 0 Å². The van der Waals surface area contributed by atoms with Crippen LogP contribution in [0.5, 0.6) is 0 Å². The van der Waals surface area contributed by atoms with Crippen molar-refractivity contribution in [3.8, 4) is 0 Å². The summed E-state index contributed by atoms with van der Waals surface area (Å²) in [6, 6.07) is 0. The molecule has 6 atom stereocenters. The topological polar surface area (TPSA) is 54.4 Å². The van der Waals surface area contributed by atoms with Crippen LogP contribution in [0, 0.1) is 34.5 Å². The molecule has 2 saturated carbocycles. The van der Waals surface area contributed by atoms with Crippen molar-refractivity contribution in [1.29, 1.82) is 0 Å². The van der Waals surface area contributed by atoms with Crippen LogP contribution in [-0.4, -0.2) is 16.9 Å². The van der Waals surface area contributed by atoms with E-state index < -0.39 is 5.97 Å². The average molecular weight is 332 g/mol. The molecule has 3 aliphatic rings. The van der Waals surface area contributed by atoms with E-state index in [1.165, 1.54) is 5.57 Å². The number of allylic oxidation sites excluding steroid dienone is 2. The van der Waals surface area contributed by atoms with Crippen molar-refractivity contribution in [3.05, 3.63) is 11.6 Å². The van der Waals surface area contributed by atoms with E-state index >= 15 is 0 Å². The van der Waals surface area contributed by atoms with E-state index in [4.69, 9.17) is 0 Å². The number of carbonyl (C=O) groups is 2. The van der Waals surface area contributed by atoms with E-state index in [1.807, 2.05) is 6.08 Å². The Morgan fingerprint density at radius 1 is 1.21 bits per heavy atom. The zero-order valence-corrected chi connectivity index (χ0v) is 15.6. The average Bonchev–Trinajstić information content (AvgIpc) is 2.88. The van der Waals surface area contributed by atoms with Crippen LogP contribution in [0.4, 0.5) is 0 Å². The maximum absolute atomic E-state index is 11.9. The van der Waals surface area contributed by atoms with Crippen LogP contribution in [0.15, 0.2) is 11.6 Å². The zero-order chi connectivity index (χ0) is 17.7. The molecule has 0 radical (unpaired) electrons. The first-order valence-corrected chi connectivity index (χ1v) is 9.70. The summed E-state index contributed by atoms with van der Waals surface area (Å²) in [6.07, 6.45) is 8.49. The third-order valence-corrected chi connectivity index (χ3v) is 8.13. The number of carbonyl (C=O) groups excluding carboxylic acids is 1. The van der Waals surface area contributed by atoms with Gasteiger partial charge in [0.15, 0.2) is 5.78 Å². The number of rotatable bonds is 3. The SMILES string of the molecule is CCC1=CC(=O)CCC1(C)C1CCC2(C)C(C(=O)O)CCC2C1C. The van der Waals surface area contributed by atoms with E-state index in [2.05, 4.69) is 27.7 Å². The van der Waals surface area contributed by atoms with Crippen LogP contribution < -0.4 is 0 Å². The van der Waals surface area contributed by atoms with Gasteiger partial charge in [0.2, 0.25) is 0 Å². The number of ketones is 1.